The zero-order chi connectivity index (χ0) is 14.3. The number of hydrogen-bond donors (Lipinski definition) is 2. The van der Waals surface area contributed by atoms with Crippen LogP contribution < -0.4 is 11.1 Å². The number of nitrogens with two attached hydrogens (primary N) is 1. The van der Waals surface area contributed by atoms with Crippen LogP contribution in [0.1, 0.15) is 65.2 Å². The minimum atomic E-state index is -0.650. The van der Waals surface area contributed by atoms with Crippen LogP contribution in [0.4, 0.5) is 0 Å². The molecule has 3 nitrogen and oxygen atoms in total. The molecule has 1 aliphatic rings. The van der Waals surface area contributed by atoms with E-state index < -0.39 is 5.41 Å². The van der Waals surface area contributed by atoms with E-state index in [1.165, 1.54) is 32.1 Å². The molecule has 1 fully saturated rings. The quantitative estimate of drug-likeness (QED) is 0.532. The minimum absolute atomic E-state index is 0.0106. The molecule has 0 radical (unpaired) electrons. The SMILES string of the molecule is CCC(CC)(C(=O)NCCCC1CCCC1)C(N)=S. The van der Waals surface area contributed by atoms with Crippen LogP contribution in [-0.4, -0.2) is 17.4 Å². The van der Waals surface area contributed by atoms with Gasteiger partial charge < -0.3 is 11.1 Å². The van der Waals surface area contributed by atoms with Gasteiger partial charge in [-0.05, 0) is 31.6 Å². The zero-order valence-corrected chi connectivity index (χ0v) is 13.2. The Bertz CT molecular complexity index is 307. The first-order chi connectivity index (χ1) is 9.06. The highest BCUT2D eigenvalue weighted by Gasteiger charge is 2.37. The van der Waals surface area contributed by atoms with Gasteiger partial charge in [-0.15, -0.1) is 0 Å². The molecule has 0 unspecified atom stereocenters. The third kappa shape index (κ3) is 4.16. The molecule has 0 spiro atoms. The molecular weight excluding hydrogens is 256 g/mol. The summed E-state index contributed by atoms with van der Waals surface area (Å²) >= 11 is 5.09. The van der Waals surface area contributed by atoms with E-state index in [0.717, 1.165) is 18.9 Å². The molecule has 1 amide bonds. The van der Waals surface area contributed by atoms with E-state index in [4.69, 9.17) is 18.0 Å². The Balaban J connectivity index is 2.34. The highest BCUT2D eigenvalue weighted by atomic mass is 32.1. The smallest absolute Gasteiger partial charge is 0.233 e. The van der Waals surface area contributed by atoms with Crippen molar-refractivity contribution in [2.45, 2.75) is 65.2 Å². The number of carbonyl (C=O) groups excluding carboxylic acids is 1. The van der Waals surface area contributed by atoms with E-state index in [9.17, 15) is 4.79 Å². The van der Waals surface area contributed by atoms with E-state index >= 15 is 0 Å². The topological polar surface area (TPSA) is 55.1 Å². The highest BCUT2D eigenvalue weighted by Crippen LogP contribution is 2.29. The second kappa shape index (κ2) is 7.83. The van der Waals surface area contributed by atoms with Crippen LogP contribution in [-0.2, 0) is 4.79 Å². The molecule has 0 bridgehead atoms. The lowest BCUT2D eigenvalue weighted by Gasteiger charge is -2.29. The Morgan fingerprint density at radius 2 is 1.89 bits per heavy atom. The standard InChI is InChI=1S/C15H28N2OS/c1-3-15(4-2,13(16)19)14(18)17-11-7-10-12-8-5-6-9-12/h12H,3-11H2,1-2H3,(H2,16,19)(H,17,18). The first-order valence-corrected chi connectivity index (χ1v) is 8.05. The monoisotopic (exact) mass is 284 g/mol. The molecule has 1 rings (SSSR count). The van der Waals surface area contributed by atoms with Crippen molar-refractivity contribution in [2.75, 3.05) is 6.54 Å². The summed E-state index contributed by atoms with van der Waals surface area (Å²) in [5.41, 5.74) is 5.12. The van der Waals surface area contributed by atoms with Crippen LogP contribution in [0.3, 0.4) is 0 Å². The van der Waals surface area contributed by atoms with Crippen LogP contribution in [0.25, 0.3) is 0 Å². The Hall–Kier alpha value is -0.640. The summed E-state index contributed by atoms with van der Waals surface area (Å²) in [5, 5.41) is 3.02. The lowest BCUT2D eigenvalue weighted by atomic mass is 9.81. The van der Waals surface area contributed by atoms with Crippen molar-refractivity contribution in [3.8, 4) is 0 Å². The summed E-state index contributed by atoms with van der Waals surface area (Å²) in [4.78, 5) is 12.6. The van der Waals surface area contributed by atoms with Crippen LogP contribution in [0, 0.1) is 11.3 Å². The van der Waals surface area contributed by atoms with Crippen LogP contribution >= 0.6 is 12.2 Å². The first kappa shape index (κ1) is 16.4. The van der Waals surface area contributed by atoms with Crippen molar-refractivity contribution in [3.63, 3.8) is 0 Å². The second-order valence-electron chi connectivity index (χ2n) is 5.70. The predicted molar refractivity (Wildman–Crippen MR) is 84.0 cm³/mol. The average molecular weight is 284 g/mol. The van der Waals surface area contributed by atoms with Gasteiger partial charge in [0.15, 0.2) is 0 Å². The molecule has 1 saturated carbocycles. The maximum atomic E-state index is 12.3. The normalized spacial score (nSPS) is 16.5. The molecule has 0 heterocycles. The summed E-state index contributed by atoms with van der Waals surface area (Å²) in [7, 11) is 0. The van der Waals surface area contributed by atoms with Crippen molar-refractivity contribution in [1.82, 2.24) is 5.32 Å². The van der Waals surface area contributed by atoms with Gasteiger partial charge in [0.25, 0.3) is 0 Å². The van der Waals surface area contributed by atoms with E-state index in [1.54, 1.807) is 0 Å². The fourth-order valence-electron chi connectivity index (χ4n) is 3.09. The summed E-state index contributed by atoms with van der Waals surface area (Å²) in [5.74, 6) is 0.894. The second-order valence-corrected chi connectivity index (χ2v) is 6.14. The number of carbonyl (C=O) groups is 1. The third-order valence-electron chi connectivity index (χ3n) is 4.66. The Morgan fingerprint density at radius 3 is 2.37 bits per heavy atom. The maximum absolute atomic E-state index is 12.3. The summed E-state index contributed by atoms with van der Waals surface area (Å²) in [6.07, 6.45) is 9.15. The van der Waals surface area contributed by atoms with E-state index in [-0.39, 0.29) is 5.91 Å². The Labute approximate surface area is 122 Å². The lowest BCUT2D eigenvalue weighted by Crippen LogP contribution is -2.48. The molecule has 3 N–H and O–H groups in total. The van der Waals surface area contributed by atoms with Crippen LogP contribution in [0.5, 0.6) is 0 Å². The van der Waals surface area contributed by atoms with Gasteiger partial charge in [-0.2, -0.15) is 0 Å². The minimum Gasteiger partial charge on any atom is -0.392 e. The Morgan fingerprint density at radius 1 is 1.32 bits per heavy atom. The number of nitrogens with one attached hydrogen (secondary N) is 1. The van der Waals surface area contributed by atoms with Gasteiger partial charge in [-0.3, -0.25) is 4.79 Å². The molecule has 0 aromatic rings. The highest BCUT2D eigenvalue weighted by molar-refractivity contribution is 7.80. The molecular formula is C15H28N2OS. The third-order valence-corrected chi connectivity index (χ3v) is 5.05. The Kier molecular flexibility index (Phi) is 6.76. The van der Waals surface area contributed by atoms with Gasteiger partial charge in [0.1, 0.15) is 0 Å². The van der Waals surface area contributed by atoms with Crippen LogP contribution in [0.15, 0.2) is 0 Å². The largest absolute Gasteiger partial charge is 0.392 e. The van der Waals surface area contributed by atoms with Gasteiger partial charge in [0.05, 0.1) is 10.4 Å². The van der Waals surface area contributed by atoms with Crippen LogP contribution in [0.2, 0.25) is 0 Å². The molecule has 0 atom stereocenters. The average Bonchev–Trinajstić information content (AvgIpc) is 2.89. The number of hydrogen-bond acceptors (Lipinski definition) is 2. The van der Waals surface area contributed by atoms with Crippen molar-refractivity contribution in [2.24, 2.45) is 17.1 Å². The number of rotatable bonds is 8. The summed E-state index contributed by atoms with van der Waals surface area (Å²) in [6.45, 7) is 4.70. The molecule has 0 aromatic carbocycles. The maximum Gasteiger partial charge on any atom is 0.233 e. The first-order valence-electron chi connectivity index (χ1n) is 7.65. The fourth-order valence-corrected chi connectivity index (χ4v) is 3.47. The molecule has 0 aromatic heterocycles. The predicted octanol–water partition coefficient (Wildman–Crippen LogP) is 3.17. The van der Waals surface area contributed by atoms with Gasteiger partial charge in [-0.1, -0.05) is 51.7 Å². The van der Waals surface area contributed by atoms with E-state index in [1.807, 2.05) is 13.8 Å². The van der Waals surface area contributed by atoms with Gasteiger partial charge >= 0.3 is 0 Å². The van der Waals surface area contributed by atoms with E-state index in [2.05, 4.69) is 5.32 Å². The lowest BCUT2D eigenvalue weighted by molar-refractivity contribution is -0.127. The summed E-state index contributed by atoms with van der Waals surface area (Å²) in [6, 6.07) is 0. The molecule has 19 heavy (non-hydrogen) atoms. The van der Waals surface area contributed by atoms with Crippen molar-refractivity contribution in [1.29, 1.82) is 0 Å². The van der Waals surface area contributed by atoms with E-state index in [0.29, 0.717) is 17.8 Å². The van der Waals surface area contributed by atoms with Crippen molar-refractivity contribution >= 4 is 23.1 Å². The summed E-state index contributed by atoms with van der Waals surface area (Å²) < 4.78 is 0. The molecule has 1 aliphatic carbocycles. The zero-order valence-electron chi connectivity index (χ0n) is 12.3. The van der Waals surface area contributed by atoms with Crippen molar-refractivity contribution < 1.29 is 4.79 Å². The molecule has 0 saturated heterocycles. The van der Waals surface area contributed by atoms with Crippen molar-refractivity contribution in [3.05, 3.63) is 0 Å². The number of thiocarbonyl (C=S) groups is 1. The molecule has 0 aliphatic heterocycles. The molecule has 110 valence electrons. The molecule has 4 heteroatoms. The fraction of sp³-hybridized carbons (Fsp3) is 0.867. The number of amides is 1. The van der Waals surface area contributed by atoms with Gasteiger partial charge in [0.2, 0.25) is 5.91 Å². The van der Waals surface area contributed by atoms with Gasteiger partial charge in [-0.25, -0.2) is 0 Å². The van der Waals surface area contributed by atoms with Gasteiger partial charge in [0, 0.05) is 6.54 Å².